The molecule has 1 amide bonds. The van der Waals surface area contributed by atoms with Gasteiger partial charge in [-0.2, -0.15) is 18.3 Å². The van der Waals surface area contributed by atoms with E-state index in [-0.39, 0.29) is 30.6 Å². The van der Waals surface area contributed by atoms with Crippen molar-refractivity contribution in [3.63, 3.8) is 0 Å². The van der Waals surface area contributed by atoms with Gasteiger partial charge in [0.2, 0.25) is 0 Å². The second kappa shape index (κ2) is 7.31. The molecule has 1 saturated heterocycles. The first kappa shape index (κ1) is 17.7. The molecule has 2 rings (SSSR count). The van der Waals surface area contributed by atoms with Crippen LogP contribution in [0, 0.1) is 0 Å². The number of amides is 1. The normalized spacial score (nSPS) is 23.0. The maximum Gasteiger partial charge on any atom is 0.404 e. The van der Waals surface area contributed by atoms with Crippen LogP contribution in [-0.4, -0.2) is 66.2 Å². The van der Waals surface area contributed by atoms with E-state index in [4.69, 9.17) is 4.74 Å². The minimum Gasteiger partial charge on any atom is -0.383 e. The van der Waals surface area contributed by atoms with E-state index >= 15 is 0 Å². The monoisotopic (exact) mass is 334 g/mol. The molecule has 0 bridgehead atoms. The highest BCUT2D eigenvalue weighted by atomic mass is 19.4. The third-order valence-electron chi connectivity index (χ3n) is 3.94. The largest absolute Gasteiger partial charge is 0.404 e. The second-order valence-corrected chi connectivity index (χ2v) is 5.70. The fourth-order valence-corrected chi connectivity index (χ4v) is 2.73. The third kappa shape index (κ3) is 4.68. The van der Waals surface area contributed by atoms with Crippen molar-refractivity contribution in [3.8, 4) is 0 Å². The van der Waals surface area contributed by atoms with Gasteiger partial charge in [-0.3, -0.25) is 14.4 Å². The number of nitrogens with zero attached hydrogens (tertiary/aromatic N) is 3. The molecule has 0 radical (unpaired) electrons. The number of alkyl halides is 3. The van der Waals surface area contributed by atoms with Crippen LogP contribution in [0.1, 0.15) is 23.3 Å². The molecule has 2 atom stereocenters. The van der Waals surface area contributed by atoms with Crippen LogP contribution < -0.4 is 5.32 Å². The minimum absolute atomic E-state index is 0.0206. The highest BCUT2D eigenvalue weighted by Crippen LogP contribution is 2.30. The lowest BCUT2D eigenvalue weighted by atomic mass is 9.98. The first-order valence-electron chi connectivity index (χ1n) is 7.41. The van der Waals surface area contributed by atoms with Crippen molar-refractivity contribution < 1.29 is 22.7 Å². The predicted octanol–water partition coefficient (Wildman–Crippen LogP) is 1.28. The third-order valence-corrected chi connectivity index (χ3v) is 3.94. The molecule has 6 nitrogen and oxygen atoms in total. The number of rotatable bonds is 5. The van der Waals surface area contributed by atoms with E-state index in [9.17, 15) is 18.0 Å². The van der Waals surface area contributed by atoms with E-state index in [2.05, 4.69) is 10.4 Å². The maximum atomic E-state index is 12.8. The Morgan fingerprint density at radius 2 is 2.22 bits per heavy atom. The number of likely N-dealkylation sites (N-methyl/N-ethyl adjacent to an activating group) is 1. The summed E-state index contributed by atoms with van der Waals surface area (Å²) in [5.74, 6) is -0.370. The molecule has 130 valence electrons. The molecule has 1 aromatic rings. The van der Waals surface area contributed by atoms with Crippen LogP contribution in [-0.2, 0) is 11.3 Å². The number of likely N-dealkylation sites (tertiary alicyclic amines) is 1. The molecule has 1 aliphatic rings. The fourth-order valence-electron chi connectivity index (χ4n) is 2.73. The van der Waals surface area contributed by atoms with Gasteiger partial charge in [-0.25, -0.2) is 0 Å². The van der Waals surface area contributed by atoms with Gasteiger partial charge in [0.15, 0.2) is 0 Å². The summed E-state index contributed by atoms with van der Waals surface area (Å²) >= 11 is 0. The van der Waals surface area contributed by atoms with E-state index < -0.39 is 12.2 Å². The number of hydrogen-bond acceptors (Lipinski definition) is 4. The predicted molar refractivity (Wildman–Crippen MR) is 77.1 cm³/mol. The molecule has 0 unspecified atom stereocenters. The molecule has 0 aliphatic carbocycles. The van der Waals surface area contributed by atoms with Crippen molar-refractivity contribution in [1.29, 1.82) is 0 Å². The van der Waals surface area contributed by atoms with E-state index in [1.165, 1.54) is 11.9 Å². The SMILES string of the molecule is COCCn1ccc(C(=O)N[C@@H]2CC[C@@H](C(F)(F)F)N(C)C2)n1. The summed E-state index contributed by atoms with van der Waals surface area (Å²) in [6.45, 7) is 1.18. The van der Waals surface area contributed by atoms with Crippen LogP contribution >= 0.6 is 0 Å². The second-order valence-electron chi connectivity index (χ2n) is 5.70. The van der Waals surface area contributed by atoms with Crippen LogP contribution in [0.4, 0.5) is 13.2 Å². The van der Waals surface area contributed by atoms with Crippen LogP contribution in [0.5, 0.6) is 0 Å². The molecule has 23 heavy (non-hydrogen) atoms. The van der Waals surface area contributed by atoms with E-state index in [0.29, 0.717) is 19.6 Å². The highest BCUT2D eigenvalue weighted by Gasteiger charge is 2.44. The fraction of sp³-hybridized carbons (Fsp3) is 0.714. The molecule has 0 saturated carbocycles. The lowest BCUT2D eigenvalue weighted by Gasteiger charge is -2.38. The van der Waals surface area contributed by atoms with E-state index in [1.807, 2.05) is 0 Å². The van der Waals surface area contributed by atoms with E-state index in [1.54, 1.807) is 24.1 Å². The summed E-state index contributed by atoms with van der Waals surface area (Å²) in [6, 6.07) is -0.171. The number of halogens is 3. The summed E-state index contributed by atoms with van der Waals surface area (Å²) in [5, 5.41) is 6.87. The van der Waals surface area contributed by atoms with Crippen molar-refractivity contribution >= 4 is 5.91 Å². The highest BCUT2D eigenvalue weighted by molar-refractivity contribution is 5.92. The van der Waals surface area contributed by atoms with Gasteiger partial charge in [0.1, 0.15) is 11.7 Å². The molecule has 0 spiro atoms. The van der Waals surface area contributed by atoms with Crippen molar-refractivity contribution in [3.05, 3.63) is 18.0 Å². The van der Waals surface area contributed by atoms with Gasteiger partial charge in [0, 0.05) is 25.9 Å². The Morgan fingerprint density at radius 3 is 2.83 bits per heavy atom. The molecule has 1 aliphatic heterocycles. The molecular formula is C14H21F3N4O2. The topological polar surface area (TPSA) is 59.4 Å². The lowest BCUT2D eigenvalue weighted by Crippen LogP contribution is -2.54. The summed E-state index contributed by atoms with van der Waals surface area (Å²) < 4.78 is 44.9. The summed E-state index contributed by atoms with van der Waals surface area (Å²) in [5.41, 5.74) is 0.252. The number of methoxy groups -OCH3 is 1. The zero-order chi connectivity index (χ0) is 17.0. The van der Waals surface area contributed by atoms with Gasteiger partial charge in [-0.1, -0.05) is 0 Å². The number of aromatic nitrogens is 2. The molecule has 9 heteroatoms. The van der Waals surface area contributed by atoms with E-state index in [0.717, 1.165) is 0 Å². The molecule has 1 N–H and O–H groups in total. The van der Waals surface area contributed by atoms with Crippen LogP contribution in [0.15, 0.2) is 12.3 Å². The molecular weight excluding hydrogens is 313 g/mol. The Labute approximate surface area is 132 Å². The zero-order valence-corrected chi connectivity index (χ0v) is 13.1. The van der Waals surface area contributed by atoms with Gasteiger partial charge in [0.05, 0.1) is 13.2 Å². The Bertz CT molecular complexity index is 532. The summed E-state index contributed by atoms with van der Waals surface area (Å²) in [6.07, 6.45) is -2.29. The molecule has 1 fully saturated rings. The van der Waals surface area contributed by atoms with Crippen LogP contribution in [0.25, 0.3) is 0 Å². The first-order chi connectivity index (χ1) is 10.8. The smallest absolute Gasteiger partial charge is 0.383 e. The van der Waals surface area contributed by atoms with Crippen LogP contribution in [0.3, 0.4) is 0 Å². The Balaban J connectivity index is 1.88. The molecule has 2 heterocycles. The number of ether oxygens (including phenoxy) is 1. The molecule has 0 aromatic carbocycles. The van der Waals surface area contributed by atoms with Gasteiger partial charge in [-0.15, -0.1) is 0 Å². The quantitative estimate of drug-likeness (QED) is 0.881. The Hall–Kier alpha value is -1.61. The van der Waals surface area contributed by atoms with Gasteiger partial charge in [0.25, 0.3) is 5.91 Å². The minimum atomic E-state index is -4.23. The van der Waals surface area contributed by atoms with Crippen molar-refractivity contribution in [2.75, 3.05) is 27.3 Å². The van der Waals surface area contributed by atoms with Crippen molar-refractivity contribution in [2.24, 2.45) is 0 Å². The molecule has 1 aromatic heterocycles. The van der Waals surface area contributed by atoms with Gasteiger partial charge < -0.3 is 10.1 Å². The van der Waals surface area contributed by atoms with Crippen molar-refractivity contribution in [2.45, 2.75) is 37.6 Å². The Morgan fingerprint density at radius 1 is 1.48 bits per heavy atom. The maximum absolute atomic E-state index is 12.8. The lowest BCUT2D eigenvalue weighted by molar-refractivity contribution is -0.188. The number of piperidine rings is 1. The number of carbonyl (C=O) groups is 1. The number of nitrogens with one attached hydrogen (secondary N) is 1. The zero-order valence-electron chi connectivity index (χ0n) is 13.1. The first-order valence-corrected chi connectivity index (χ1v) is 7.41. The van der Waals surface area contributed by atoms with Crippen molar-refractivity contribution in [1.82, 2.24) is 20.0 Å². The Kier molecular flexibility index (Phi) is 5.64. The average molecular weight is 334 g/mol. The number of carbonyl (C=O) groups excluding carboxylic acids is 1. The summed E-state index contributed by atoms with van der Waals surface area (Å²) in [7, 11) is 3.00. The number of hydrogen-bond donors (Lipinski definition) is 1. The standard InChI is InChI=1S/C14H21F3N4O2/c1-20-9-10(3-4-12(20)14(15,16)17)18-13(22)11-5-6-21(19-11)7-8-23-2/h5-6,10,12H,3-4,7-9H2,1-2H3,(H,18,22)/t10-,12+/m1/s1. The van der Waals surface area contributed by atoms with Gasteiger partial charge >= 0.3 is 6.18 Å². The summed E-state index contributed by atoms with van der Waals surface area (Å²) in [4.78, 5) is 13.4. The van der Waals surface area contributed by atoms with Gasteiger partial charge in [-0.05, 0) is 26.0 Å². The average Bonchev–Trinajstić information content (AvgIpc) is 2.92. The van der Waals surface area contributed by atoms with Crippen LogP contribution in [0.2, 0.25) is 0 Å².